The summed E-state index contributed by atoms with van der Waals surface area (Å²) in [5, 5.41) is 16.8. The number of piperidine rings is 1. The van der Waals surface area contributed by atoms with Gasteiger partial charge in [-0.05, 0) is 56.6 Å². The number of nitrogens with one attached hydrogen (secondary N) is 2. The van der Waals surface area contributed by atoms with Crippen molar-refractivity contribution in [1.29, 1.82) is 0 Å². The van der Waals surface area contributed by atoms with E-state index in [-0.39, 0.29) is 17.2 Å². The van der Waals surface area contributed by atoms with Gasteiger partial charge in [-0.3, -0.25) is 19.7 Å². The zero-order valence-corrected chi connectivity index (χ0v) is 19.9. The van der Waals surface area contributed by atoms with E-state index in [0.29, 0.717) is 17.8 Å². The highest BCUT2D eigenvalue weighted by molar-refractivity contribution is 6.06. The number of nitro benzene ring substituents is 1. The summed E-state index contributed by atoms with van der Waals surface area (Å²) in [6.45, 7) is 9.10. The molecule has 1 fully saturated rings. The topological polar surface area (TPSA) is 108 Å². The summed E-state index contributed by atoms with van der Waals surface area (Å²) < 4.78 is 0. The number of benzene rings is 2. The predicted octanol–water partition coefficient (Wildman–Crippen LogP) is 3.91. The number of rotatable bonds is 10. The number of amides is 2. The highest BCUT2D eigenvalue weighted by atomic mass is 16.6. The molecule has 0 aromatic heterocycles. The van der Waals surface area contributed by atoms with Crippen LogP contribution in [-0.2, 0) is 0 Å². The van der Waals surface area contributed by atoms with Crippen molar-refractivity contribution in [3.8, 4) is 0 Å². The molecule has 0 bridgehead atoms. The molecule has 9 heteroatoms. The molecule has 2 amide bonds. The number of nitro groups is 1. The Morgan fingerprint density at radius 2 is 1.76 bits per heavy atom. The average molecular weight is 468 g/mol. The maximum absolute atomic E-state index is 13.1. The Bertz CT molecular complexity index is 1020. The van der Waals surface area contributed by atoms with Crippen molar-refractivity contribution in [2.24, 2.45) is 0 Å². The third kappa shape index (κ3) is 6.54. The van der Waals surface area contributed by atoms with Crippen LogP contribution in [0.25, 0.3) is 0 Å². The molecule has 182 valence electrons. The molecule has 2 N–H and O–H groups in total. The van der Waals surface area contributed by atoms with Gasteiger partial charge in [0.25, 0.3) is 17.5 Å². The summed E-state index contributed by atoms with van der Waals surface area (Å²) in [6, 6.07) is 10.9. The third-order valence-corrected chi connectivity index (χ3v) is 6.12. The summed E-state index contributed by atoms with van der Waals surface area (Å²) in [5.74, 6) is -0.651. The van der Waals surface area contributed by atoms with Crippen LogP contribution in [0.5, 0.6) is 0 Å². The van der Waals surface area contributed by atoms with Gasteiger partial charge in [-0.2, -0.15) is 0 Å². The van der Waals surface area contributed by atoms with E-state index < -0.39 is 10.8 Å². The lowest BCUT2D eigenvalue weighted by molar-refractivity contribution is -0.384. The van der Waals surface area contributed by atoms with E-state index in [9.17, 15) is 19.7 Å². The molecule has 1 aliphatic rings. The minimum Gasteiger partial charge on any atom is -0.371 e. The Hall–Kier alpha value is -3.46. The van der Waals surface area contributed by atoms with E-state index in [0.717, 1.165) is 51.3 Å². The minimum atomic E-state index is -0.537. The van der Waals surface area contributed by atoms with Crippen LogP contribution in [0.1, 0.15) is 53.8 Å². The van der Waals surface area contributed by atoms with Crippen LogP contribution in [0.15, 0.2) is 42.5 Å². The maximum Gasteiger partial charge on any atom is 0.270 e. The van der Waals surface area contributed by atoms with Gasteiger partial charge < -0.3 is 20.4 Å². The van der Waals surface area contributed by atoms with Crippen molar-refractivity contribution < 1.29 is 14.5 Å². The van der Waals surface area contributed by atoms with E-state index in [1.165, 1.54) is 30.7 Å². The van der Waals surface area contributed by atoms with Crippen LogP contribution in [0, 0.1) is 10.1 Å². The van der Waals surface area contributed by atoms with Gasteiger partial charge in [-0.1, -0.05) is 19.9 Å². The number of nitrogens with zero attached hydrogens (tertiary/aromatic N) is 3. The molecule has 0 spiro atoms. The number of carbonyl (C=O) groups excluding carboxylic acids is 2. The molecular formula is C25H33N5O4. The Labute approximate surface area is 200 Å². The van der Waals surface area contributed by atoms with E-state index in [2.05, 4.69) is 34.3 Å². The standard InChI is InChI=1S/C25H33N5O4/c1-3-28(4-2)16-13-26-25(32)22-18-20(11-12-23(22)29-14-6-5-7-15-29)27-24(31)19-9-8-10-21(17-19)30(33)34/h8-12,17-18H,3-7,13-16H2,1-2H3,(H,26,32)(H,27,31). The smallest absolute Gasteiger partial charge is 0.270 e. The van der Waals surface area contributed by atoms with Crippen molar-refractivity contribution >= 4 is 28.9 Å². The molecule has 1 aliphatic heterocycles. The zero-order valence-electron chi connectivity index (χ0n) is 19.9. The average Bonchev–Trinajstić information content (AvgIpc) is 2.87. The second-order valence-corrected chi connectivity index (χ2v) is 8.32. The van der Waals surface area contributed by atoms with Crippen LogP contribution in [0.4, 0.5) is 17.1 Å². The lowest BCUT2D eigenvalue weighted by Crippen LogP contribution is -2.36. The summed E-state index contributed by atoms with van der Waals surface area (Å²) in [5.41, 5.74) is 1.86. The molecule has 1 heterocycles. The molecular weight excluding hydrogens is 434 g/mol. The molecule has 0 aliphatic carbocycles. The van der Waals surface area contributed by atoms with E-state index >= 15 is 0 Å². The molecule has 3 rings (SSSR count). The zero-order chi connectivity index (χ0) is 24.5. The van der Waals surface area contributed by atoms with Gasteiger partial charge in [0.1, 0.15) is 0 Å². The quantitative estimate of drug-likeness (QED) is 0.405. The predicted molar refractivity (Wildman–Crippen MR) is 134 cm³/mol. The van der Waals surface area contributed by atoms with Gasteiger partial charge in [-0.15, -0.1) is 0 Å². The van der Waals surface area contributed by atoms with Gasteiger partial charge in [0.05, 0.1) is 10.5 Å². The van der Waals surface area contributed by atoms with Gasteiger partial charge in [-0.25, -0.2) is 0 Å². The fraction of sp³-hybridized carbons (Fsp3) is 0.440. The monoisotopic (exact) mass is 467 g/mol. The fourth-order valence-corrected chi connectivity index (χ4v) is 4.13. The Morgan fingerprint density at radius 3 is 2.44 bits per heavy atom. The van der Waals surface area contributed by atoms with Crippen LogP contribution < -0.4 is 15.5 Å². The molecule has 0 atom stereocenters. The molecule has 0 radical (unpaired) electrons. The van der Waals surface area contributed by atoms with E-state index in [1.807, 2.05) is 6.07 Å². The highest BCUT2D eigenvalue weighted by Gasteiger charge is 2.20. The lowest BCUT2D eigenvalue weighted by atomic mass is 10.1. The van der Waals surface area contributed by atoms with Crippen LogP contribution in [-0.4, -0.2) is 60.9 Å². The number of carbonyl (C=O) groups is 2. The summed E-state index contributed by atoms with van der Waals surface area (Å²) in [6.07, 6.45) is 3.34. The number of anilines is 2. The molecule has 0 saturated carbocycles. The van der Waals surface area contributed by atoms with Crippen molar-refractivity contribution in [2.75, 3.05) is 49.5 Å². The summed E-state index contributed by atoms with van der Waals surface area (Å²) >= 11 is 0. The maximum atomic E-state index is 13.1. The van der Waals surface area contributed by atoms with Gasteiger partial charge in [0.2, 0.25) is 0 Å². The van der Waals surface area contributed by atoms with Crippen molar-refractivity contribution in [3.63, 3.8) is 0 Å². The van der Waals surface area contributed by atoms with E-state index in [1.54, 1.807) is 12.1 Å². The molecule has 34 heavy (non-hydrogen) atoms. The number of hydrogen-bond acceptors (Lipinski definition) is 6. The van der Waals surface area contributed by atoms with E-state index in [4.69, 9.17) is 0 Å². The largest absolute Gasteiger partial charge is 0.371 e. The Kier molecular flexibility index (Phi) is 8.98. The number of hydrogen-bond donors (Lipinski definition) is 2. The van der Waals surface area contributed by atoms with Gasteiger partial charge >= 0.3 is 0 Å². The number of likely N-dealkylation sites (N-methyl/N-ethyl adjacent to an activating group) is 1. The van der Waals surface area contributed by atoms with Crippen molar-refractivity contribution in [1.82, 2.24) is 10.2 Å². The first-order valence-electron chi connectivity index (χ1n) is 11.9. The summed E-state index contributed by atoms with van der Waals surface area (Å²) in [7, 11) is 0. The molecule has 2 aromatic rings. The lowest BCUT2D eigenvalue weighted by Gasteiger charge is -2.30. The molecule has 1 saturated heterocycles. The SMILES string of the molecule is CCN(CC)CCNC(=O)c1cc(NC(=O)c2cccc([N+](=O)[O-])c2)ccc1N1CCCCC1. The number of non-ortho nitro benzene ring substituents is 1. The second kappa shape index (κ2) is 12.1. The normalized spacial score (nSPS) is 13.6. The Balaban J connectivity index is 1.80. The third-order valence-electron chi connectivity index (χ3n) is 6.12. The van der Waals surface area contributed by atoms with Crippen LogP contribution in [0.3, 0.4) is 0 Å². The first-order chi connectivity index (χ1) is 16.4. The first kappa shape index (κ1) is 25.2. The molecule has 2 aromatic carbocycles. The first-order valence-corrected chi connectivity index (χ1v) is 11.9. The van der Waals surface area contributed by atoms with Gasteiger partial charge in [0.15, 0.2) is 0 Å². The van der Waals surface area contributed by atoms with Crippen LogP contribution in [0.2, 0.25) is 0 Å². The molecule has 0 unspecified atom stereocenters. The molecule has 9 nitrogen and oxygen atoms in total. The summed E-state index contributed by atoms with van der Waals surface area (Å²) in [4.78, 5) is 40.8. The Morgan fingerprint density at radius 1 is 1.03 bits per heavy atom. The van der Waals surface area contributed by atoms with Crippen molar-refractivity contribution in [2.45, 2.75) is 33.1 Å². The van der Waals surface area contributed by atoms with Gasteiger partial charge in [0, 0.05) is 55.2 Å². The van der Waals surface area contributed by atoms with Crippen LogP contribution >= 0.6 is 0 Å². The second-order valence-electron chi connectivity index (χ2n) is 8.32. The minimum absolute atomic E-state index is 0.152. The van der Waals surface area contributed by atoms with Crippen molar-refractivity contribution in [3.05, 3.63) is 63.7 Å². The highest BCUT2D eigenvalue weighted by Crippen LogP contribution is 2.27. The fourth-order valence-electron chi connectivity index (χ4n) is 4.13.